The second-order valence-electron chi connectivity index (χ2n) is 4.49. The second kappa shape index (κ2) is 4.89. The quantitative estimate of drug-likeness (QED) is 0.844. The van der Waals surface area contributed by atoms with Crippen LogP contribution in [0.2, 0.25) is 0 Å². The van der Waals surface area contributed by atoms with Crippen molar-refractivity contribution >= 4 is 11.4 Å². The fraction of sp³-hybridized carbons (Fsp3) is 0.200. The van der Waals surface area contributed by atoms with Gasteiger partial charge in [0, 0.05) is 0 Å². The summed E-state index contributed by atoms with van der Waals surface area (Å²) in [6, 6.07) is 19.5. The van der Waals surface area contributed by atoms with E-state index in [0.29, 0.717) is 0 Å². The average molecular weight is 274 g/mol. The number of hydrogen-bond acceptors (Lipinski definition) is 3. The van der Waals surface area contributed by atoms with Gasteiger partial charge in [-0.15, -0.1) is 0 Å². The summed E-state index contributed by atoms with van der Waals surface area (Å²) in [4.78, 5) is 0. The molecule has 1 saturated heterocycles. The SMILES string of the molecule is CC1OS(=O)OC1(c1ccccc1)c1ccccc1. The highest BCUT2D eigenvalue weighted by atomic mass is 32.2. The Bertz CT molecular complexity index is 543. The minimum absolute atomic E-state index is 0.321. The molecule has 0 bridgehead atoms. The third-order valence-corrected chi connectivity index (χ3v) is 4.24. The van der Waals surface area contributed by atoms with Crippen molar-refractivity contribution in [3.05, 3.63) is 71.8 Å². The molecule has 0 aromatic heterocycles. The van der Waals surface area contributed by atoms with Gasteiger partial charge in [-0.25, -0.2) is 4.18 Å². The van der Waals surface area contributed by atoms with E-state index in [1.807, 2.05) is 67.6 Å². The molecule has 2 unspecified atom stereocenters. The Morgan fingerprint density at radius 1 is 0.947 bits per heavy atom. The van der Waals surface area contributed by atoms with Crippen LogP contribution < -0.4 is 0 Å². The van der Waals surface area contributed by atoms with Crippen molar-refractivity contribution in [3.8, 4) is 0 Å². The predicted molar refractivity (Wildman–Crippen MR) is 73.4 cm³/mol. The van der Waals surface area contributed by atoms with Crippen molar-refractivity contribution in [1.29, 1.82) is 0 Å². The highest BCUT2D eigenvalue weighted by Crippen LogP contribution is 2.43. The fourth-order valence-electron chi connectivity index (χ4n) is 2.48. The van der Waals surface area contributed by atoms with Crippen LogP contribution in [0.25, 0.3) is 0 Å². The lowest BCUT2D eigenvalue weighted by Gasteiger charge is -2.30. The van der Waals surface area contributed by atoms with Gasteiger partial charge in [0.05, 0.1) is 0 Å². The van der Waals surface area contributed by atoms with Gasteiger partial charge in [0.2, 0.25) is 0 Å². The van der Waals surface area contributed by atoms with E-state index in [4.69, 9.17) is 8.37 Å². The van der Waals surface area contributed by atoms with Gasteiger partial charge in [0.25, 0.3) is 0 Å². The predicted octanol–water partition coefficient (Wildman–Crippen LogP) is 2.94. The van der Waals surface area contributed by atoms with Crippen LogP contribution in [0.15, 0.2) is 60.7 Å². The van der Waals surface area contributed by atoms with Crippen LogP contribution in [0, 0.1) is 0 Å². The molecule has 98 valence electrons. The third kappa shape index (κ3) is 2.02. The molecule has 0 radical (unpaired) electrons. The molecule has 2 aromatic rings. The van der Waals surface area contributed by atoms with Gasteiger partial charge in [-0.1, -0.05) is 60.7 Å². The first kappa shape index (κ1) is 12.5. The zero-order chi connectivity index (χ0) is 13.3. The molecule has 0 spiro atoms. The van der Waals surface area contributed by atoms with Crippen molar-refractivity contribution < 1.29 is 12.6 Å². The molecule has 3 rings (SSSR count). The molecule has 1 fully saturated rings. The molecule has 4 heteroatoms. The summed E-state index contributed by atoms with van der Waals surface area (Å²) in [6.07, 6.45) is -0.321. The fourth-order valence-corrected chi connectivity index (χ4v) is 3.44. The Morgan fingerprint density at radius 3 is 1.79 bits per heavy atom. The van der Waals surface area contributed by atoms with E-state index in [1.165, 1.54) is 0 Å². The van der Waals surface area contributed by atoms with Crippen LogP contribution in [-0.4, -0.2) is 10.3 Å². The van der Waals surface area contributed by atoms with Crippen LogP contribution in [0.1, 0.15) is 18.1 Å². The number of benzene rings is 2. The Balaban J connectivity index is 2.20. The van der Waals surface area contributed by atoms with Crippen LogP contribution in [-0.2, 0) is 25.3 Å². The first-order valence-corrected chi connectivity index (χ1v) is 7.13. The lowest BCUT2D eigenvalue weighted by atomic mass is 9.82. The highest BCUT2D eigenvalue weighted by Gasteiger charge is 2.50. The molecule has 1 heterocycles. The van der Waals surface area contributed by atoms with Crippen molar-refractivity contribution in [2.45, 2.75) is 18.6 Å². The smallest absolute Gasteiger partial charge is 0.262 e. The van der Waals surface area contributed by atoms with Gasteiger partial charge in [-0.2, -0.15) is 4.21 Å². The summed E-state index contributed by atoms with van der Waals surface area (Å²) in [7, 11) is 0. The van der Waals surface area contributed by atoms with Crippen molar-refractivity contribution in [2.24, 2.45) is 0 Å². The minimum Gasteiger partial charge on any atom is -0.262 e. The van der Waals surface area contributed by atoms with Crippen LogP contribution in [0.4, 0.5) is 0 Å². The van der Waals surface area contributed by atoms with E-state index >= 15 is 0 Å². The van der Waals surface area contributed by atoms with Crippen LogP contribution in [0.3, 0.4) is 0 Å². The monoisotopic (exact) mass is 274 g/mol. The van der Waals surface area contributed by atoms with Crippen molar-refractivity contribution in [1.82, 2.24) is 0 Å². The Labute approximate surface area is 115 Å². The van der Waals surface area contributed by atoms with Gasteiger partial charge in [-0.05, 0) is 18.1 Å². The van der Waals surface area contributed by atoms with Crippen molar-refractivity contribution in [2.75, 3.05) is 0 Å². The van der Waals surface area contributed by atoms with Crippen molar-refractivity contribution in [3.63, 3.8) is 0 Å². The molecule has 0 N–H and O–H groups in total. The van der Waals surface area contributed by atoms with Gasteiger partial charge < -0.3 is 0 Å². The molecule has 2 atom stereocenters. The van der Waals surface area contributed by atoms with Crippen LogP contribution in [0.5, 0.6) is 0 Å². The molecule has 0 aliphatic carbocycles. The molecule has 0 saturated carbocycles. The maximum absolute atomic E-state index is 11.7. The van der Waals surface area contributed by atoms with E-state index in [9.17, 15) is 4.21 Å². The van der Waals surface area contributed by atoms with E-state index < -0.39 is 17.0 Å². The Morgan fingerprint density at radius 2 is 1.42 bits per heavy atom. The second-order valence-corrected chi connectivity index (χ2v) is 5.26. The molecule has 3 nitrogen and oxygen atoms in total. The first-order valence-electron chi connectivity index (χ1n) is 6.13. The summed E-state index contributed by atoms with van der Waals surface area (Å²) in [5.74, 6) is 0. The highest BCUT2D eigenvalue weighted by molar-refractivity contribution is 7.75. The minimum atomic E-state index is -1.72. The van der Waals surface area contributed by atoms with Gasteiger partial charge in [0.15, 0.2) is 5.60 Å². The lowest BCUT2D eigenvalue weighted by molar-refractivity contribution is 0.0859. The molecule has 1 aliphatic rings. The summed E-state index contributed by atoms with van der Waals surface area (Å²) >= 11 is -1.72. The summed E-state index contributed by atoms with van der Waals surface area (Å²) in [6.45, 7) is 1.88. The largest absolute Gasteiger partial charge is 0.306 e. The first-order chi connectivity index (χ1) is 9.23. The normalized spacial score (nSPS) is 25.3. The molecule has 0 amide bonds. The molecule has 1 aliphatic heterocycles. The Kier molecular flexibility index (Phi) is 3.22. The van der Waals surface area contributed by atoms with E-state index in [1.54, 1.807) is 0 Å². The third-order valence-electron chi connectivity index (χ3n) is 3.40. The standard InChI is InChI=1S/C15H14O3S/c1-12-15(18-19(16)17-12,13-8-4-2-5-9-13)14-10-6-3-7-11-14/h2-12H,1H3. The number of rotatable bonds is 2. The summed E-state index contributed by atoms with van der Waals surface area (Å²) < 4.78 is 22.7. The van der Waals surface area contributed by atoms with Gasteiger partial charge >= 0.3 is 11.4 Å². The van der Waals surface area contributed by atoms with Crippen LogP contribution >= 0.6 is 0 Å². The molecule has 19 heavy (non-hydrogen) atoms. The Hall–Kier alpha value is -1.49. The lowest BCUT2D eigenvalue weighted by Crippen LogP contribution is -2.36. The molecular weight excluding hydrogens is 260 g/mol. The average Bonchev–Trinajstić information content (AvgIpc) is 2.76. The topological polar surface area (TPSA) is 35.5 Å². The summed E-state index contributed by atoms with van der Waals surface area (Å²) in [5, 5.41) is 0. The molecule has 2 aromatic carbocycles. The number of hydrogen-bond donors (Lipinski definition) is 0. The van der Waals surface area contributed by atoms with Gasteiger partial charge in [0.1, 0.15) is 6.10 Å². The summed E-state index contributed by atoms with van der Waals surface area (Å²) in [5.41, 5.74) is 1.08. The zero-order valence-corrected chi connectivity index (χ0v) is 11.3. The van der Waals surface area contributed by atoms with E-state index in [-0.39, 0.29) is 6.10 Å². The van der Waals surface area contributed by atoms with E-state index in [2.05, 4.69) is 0 Å². The maximum Gasteiger partial charge on any atom is 0.306 e. The zero-order valence-electron chi connectivity index (χ0n) is 10.5. The molecular formula is C15H14O3S. The maximum atomic E-state index is 11.7. The van der Waals surface area contributed by atoms with E-state index in [0.717, 1.165) is 11.1 Å². The van der Waals surface area contributed by atoms with Gasteiger partial charge in [-0.3, -0.25) is 4.18 Å².